The molecule has 1 atom stereocenters. The molecule has 0 fully saturated rings. The number of carbonyl (C=O) groups is 2. The number of rotatable bonds is 7. The lowest BCUT2D eigenvalue weighted by Gasteiger charge is -2.15. The second-order valence-electron chi connectivity index (χ2n) is 4.14. The lowest BCUT2D eigenvalue weighted by atomic mass is 10.1. The first-order valence-electron chi connectivity index (χ1n) is 5.86. The van der Waals surface area contributed by atoms with Crippen LogP contribution in [0.2, 0.25) is 0 Å². The van der Waals surface area contributed by atoms with Crippen molar-refractivity contribution >= 4 is 22.0 Å². The molecule has 0 aliphatic rings. The Balaban J connectivity index is 2.84. The largest absolute Gasteiger partial charge is 0.496 e. The van der Waals surface area contributed by atoms with E-state index < -0.39 is 40.2 Å². The van der Waals surface area contributed by atoms with E-state index in [2.05, 4.69) is 5.32 Å². The maximum atomic E-state index is 12.0. The van der Waals surface area contributed by atoms with E-state index in [-0.39, 0.29) is 11.3 Å². The molecule has 9 heteroatoms. The molecule has 0 bridgehead atoms. The van der Waals surface area contributed by atoms with E-state index in [4.69, 9.17) is 14.4 Å². The number of benzene rings is 1. The van der Waals surface area contributed by atoms with Crippen molar-refractivity contribution < 1.29 is 32.4 Å². The SMILES string of the molecule is COc1ccccc1C(=O)N[C@@H](CCS(=O)(=O)O)C(=O)O. The summed E-state index contributed by atoms with van der Waals surface area (Å²) >= 11 is 0. The van der Waals surface area contributed by atoms with Gasteiger partial charge in [0.15, 0.2) is 0 Å². The Labute approximate surface area is 121 Å². The number of methoxy groups -OCH3 is 1. The van der Waals surface area contributed by atoms with Gasteiger partial charge in [0.25, 0.3) is 16.0 Å². The summed E-state index contributed by atoms with van der Waals surface area (Å²) < 4.78 is 34.9. The molecule has 116 valence electrons. The Morgan fingerprint density at radius 1 is 1.33 bits per heavy atom. The summed E-state index contributed by atoms with van der Waals surface area (Å²) in [6.45, 7) is 0. The van der Waals surface area contributed by atoms with Crippen LogP contribution in [0.4, 0.5) is 0 Å². The van der Waals surface area contributed by atoms with Crippen LogP contribution in [0, 0.1) is 0 Å². The number of para-hydroxylation sites is 1. The van der Waals surface area contributed by atoms with Crippen LogP contribution in [-0.2, 0) is 14.9 Å². The second kappa shape index (κ2) is 7.04. The fourth-order valence-corrected chi connectivity index (χ4v) is 2.13. The fourth-order valence-electron chi connectivity index (χ4n) is 1.59. The molecule has 0 heterocycles. The molecule has 1 rings (SSSR count). The summed E-state index contributed by atoms with van der Waals surface area (Å²) in [6, 6.07) is 4.75. The zero-order valence-corrected chi connectivity index (χ0v) is 12.0. The Bertz CT molecular complexity index is 626. The van der Waals surface area contributed by atoms with Crippen LogP contribution in [0.1, 0.15) is 16.8 Å². The van der Waals surface area contributed by atoms with Crippen LogP contribution in [0.5, 0.6) is 5.75 Å². The van der Waals surface area contributed by atoms with Gasteiger partial charge in [0.05, 0.1) is 18.4 Å². The van der Waals surface area contributed by atoms with Crippen LogP contribution < -0.4 is 10.1 Å². The Morgan fingerprint density at radius 2 is 1.95 bits per heavy atom. The average Bonchev–Trinajstić information content (AvgIpc) is 2.41. The molecule has 1 aromatic rings. The highest BCUT2D eigenvalue weighted by atomic mass is 32.2. The van der Waals surface area contributed by atoms with Gasteiger partial charge in [-0.05, 0) is 18.6 Å². The molecule has 21 heavy (non-hydrogen) atoms. The van der Waals surface area contributed by atoms with Gasteiger partial charge in [-0.2, -0.15) is 8.42 Å². The van der Waals surface area contributed by atoms with Gasteiger partial charge in [0.2, 0.25) is 0 Å². The van der Waals surface area contributed by atoms with E-state index >= 15 is 0 Å². The molecule has 0 saturated heterocycles. The van der Waals surface area contributed by atoms with Crippen LogP contribution in [-0.4, -0.2) is 48.9 Å². The normalized spacial score (nSPS) is 12.5. The van der Waals surface area contributed by atoms with Crippen molar-refractivity contribution in [1.29, 1.82) is 0 Å². The minimum atomic E-state index is -4.31. The molecular formula is C12H15NO7S. The van der Waals surface area contributed by atoms with Crippen molar-refractivity contribution in [2.24, 2.45) is 0 Å². The molecule has 0 aliphatic heterocycles. The lowest BCUT2D eigenvalue weighted by molar-refractivity contribution is -0.139. The van der Waals surface area contributed by atoms with E-state index in [1.807, 2.05) is 0 Å². The van der Waals surface area contributed by atoms with Gasteiger partial charge >= 0.3 is 5.97 Å². The molecule has 1 amide bonds. The van der Waals surface area contributed by atoms with E-state index in [9.17, 15) is 18.0 Å². The molecule has 0 aliphatic carbocycles. The number of carboxylic acids is 1. The Kier molecular flexibility index (Phi) is 5.68. The van der Waals surface area contributed by atoms with Gasteiger partial charge in [-0.1, -0.05) is 12.1 Å². The summed E-state index contributed by atoms with van der Waals surface area (Å²) in [5.74, 6) is -2.62. The summed E-state index contributed by atoms with van der Waals surface area (Å²) in [4.78, 5) is 23.0. The number of amides is 1. The number of aliphatic carboxylic acids is 1. The topological polar surface area (TPSA) is 130 Å². The molecule has 8 nitrogen and oxygen atoms in total. The summed E-state index contributed by atoms with van der Waals surface area (Å²) in [5, 5.41) is 11.2. The minimum Gasteiger partial charge on any atom is -0.496 e. The number of hydrogen-bond acceptors (Lipinski definition) is 5. The van der Waals surface area contributed by atoms with Gasteiger partial charge in [0, 0.05) is 0 Å². The third kappa shape index (κ3) is 5.40. The molecule has 0 unspecified atom stereocenters. The highest BCUT2D eigenvalue weighted by Gasteiger charge is 2.24. The Morgan fingerprint density at radius 3 is 2.48 bits per heavy atom. The van der Waals surface area contributed by atoms with Gasteiger partial charge in [-0.25, -0.2) is 4.79 Å². The fraction of sp³-hybridized carbons (Fsp3) is 0.333. The minimum absolute atomic E-state index is 0.123. The van der Waals surface area contributed by atoms with Crippen LogP contribution in [0.15, 0.2) is 24.3 Å². The first-order chi connectivity index (χ1) is 9.74. The molecule has 1 aromatic carbocycles. The van der Waals surface area contributed by atoms with Crippen molar-refractivity contribution in [3.8, 4) is 5.75 Å². The third-order valence-corrected chi connectivity index (χ3v) is 3.37. The van der Waals surface area contributed by atoms with Crippen LogP contribution >= 0.6 is 0 Å². The summed E-state index contributed by atoms with van der Waals surface area (Å²) in [5.41, 5.74) is 0.123. The monoisotopic (exact) mass is 317 g/mol. The van der Waals surface area contributed by atoms with E-state index in [1.54, 1.807) is 12.1 Å². The zero-order chi connectivity index (χ0) is 16.0. The quantitative estimate of drug-likeness (QED) is 0.610. The smallest absolute Gasteiger partial charge is 0.326 e. The first kappa shape index (κ1) is 16.9. The number of ether oxygens (including phenoxy) is 1. The van der Waals surface area contributed by atoms with Crippen molar-refractivity contribution in [2.45, 2.75) is 12.5 Å². The average molecular weight is 317 g/mol. The zero-order valence-electron chi connectivity index (χ0n) is 11.1. The predicted octanol–water partition coefficient (Wildman–Crippen LogP) is 0.156. The first-order valence-corrected chi connectivity index (χ1v) is 7.47. The lowest BCUT2D eigenvalue weighted by Crippen LogP contribution is -2.42. The number of nitrogens with one attached hydrogen (secondary N) is 1. The summed E-state index contributed by atoms with van der Waals surface area (Å²) in [7, 11) is -2.95. The van der Waals surface area contributed by atoms with Crippen molar-refractivity contribution in [3.63, 3.8) is 0 Å². The van der Waals surface area contributed by atoms with E-state index in [0.717, 1.165) is 0 Å². The standard InChI is InChI=1S/C12H15NO7S/c1-20-10-5-3-2-4-8(10)11(14)13-9(12(15)16)6-7-21(17,18)19/h2-5,9H,6-7H2,1H3,(H,13,14)(H,15,16)(H,17,18,19)/t9-/m0/s1. The van der Waals surface area contributed by atoms with Crippen molar-refractivity contribution in [1.82, 2.24) is 5.32 Å². The number of carbonyl (C=O) groups excluding carboxylic acids is 1. The van der Waals surface area contributed by atoms with E-state index in [1.165, 1.54) is 19.2 Å². The molecular weight excluding hydrogens is 302 g/mol. The van der Waals surface area contributed by atoms with Gasteiger partial charge in [0.1, 0.15) is 11.8 Å². The third-order valence-electron chi connectivity index (χ3n) is 2.62. The van der Waals surface area contributed by atoms with Crippen molar-refractivity contribution in [2.75, 3.05) is 12.9 Å². The highest BCUT2D eigenvalue weighted by molar-refractivity contribution is 7.85. The second-order valence-corrected chi connectivity index (χ2v) is 5.71. The Hall–Kier alpha value is -2.13. The molecule has 0 aromatic heterocycles. The molecule has 0 spiro atoms. The maximum Gasteiger partial charge on any atom is 0.326 e. The molecule has 0 radical (unpaired) electrons. The highest BCUT2D eigenvalue weighted by Crippen LogP contribution is 2.17. The van der Waals surface area contributed by atoms with E-state index in [0.29, 0.717) is 0 Å². The van der Waals surface area contributed by atoms with Gasteiger partial charge < -0.3 is 15.2 Å². The van der Waals surface area contributed by atoms with Crippen LogP contribution in [0.3, 0.4) is 0 Å². The predicted molar refractivity (Wildman–Crippen MR) is 72.9 cm³/mol. The van der Waals surface area contributed by atoms with Gasteiger partial charge in [-0.15, -0.1) is 0 Å². The summed E-state index contributed by atoms with van der Waals surface area (Å²) in [6.07, 6.45) is -0.449. The van der Waals surface area contributed by atoms with Gasteiger partial charge in [-0.3, -0.25) is 9.35 Å². The van der Waals surface area contributed by atoms with Crippen LogP contribution in [0.25, 0.3) is 0 Å². The molecule has 0 saturated carbocycles. The number of carboxylic acid groups (broad SMARTS) is 1. The molecule has 3 N–H and O–H groups in total. The maximum absolute atomic E-state index is 12.0. The van der Waals surface area contributed by atoms with Crippen molar-refractivity contribution in [3.05, 3.63) is 29.8 Å². The number of hydrogen-bond donors (Lipinski definition) is 3.